The Kier molecular flexibility index (Phi) is 10.4. The van der Waals surface area contributed by atoms with Gasteiger partial charge < -0.3 is 23.8 Å². The first-order valence-corrected chi connectivity index (χ1v) is 16.0. The fraction of sp³-hybridized carbons (Fsp3) is 0.606. The van der Waals surface area contributed by atoms with Crippen LogP contribution in [0.15, 0.2) is 29.0 Å². The molecular formula is C33H43F3N6O4. The van der Waals surface area contributed by atoms with Crippen LogP contribution in [0.3, 0.4) is 0 Å². The molecule has 0 bridgehead atoms. The predicted molar refractivity (Wildman–Crippen MR) is 165 cm³/mol. The Balaban J connectivity index is 1.15. The van der Waals surface area contributed by atoms with Gasteiger partial charge >= 0.3 is 12.0 Å². The Morgan fingerprint density at radius 1 is 1.04 bits per heavy atom. The van der Waals surface area contributed by atoms with Crippen molar-refractivity contribution in [2.75, 3.05) is 42.6 Å². The Morgan fingerprint density at radius 2 is 1.74 bits per heavy atom. The van der Waals surface area contributed by atoms with E-state index in [0.717, 1.165) is 50.7 Å². The summed E-state index contributed by atoms with van der Waals surface area (Å²) in [5.74, 6) is -2.07. The molecule has 0 N–H and O–H groups in total. The summed E-state index contributed by atoms with van der Waals surface area (Å²) < 4.78 is 59.5. The highest BCUT2D eigenvalue weighted by Gasteiger charge is 2.39. The van der Waals surface area contributed by atoms with Crippen molar-refractivity contribution < 1.29 is 32.0 Å². The largest absolute Gasteiger partial charge is 0.490 e. The number of aryl methyl sites for hydroxylation is 1. The lowest BCUT2D eigenvalue weighted by Crippen LogP contribution is -2.36. The molecule has 46 heavy (non-hydrogen) atoms. The van der Waals surface area contributed by atoms with Crippen molar-refractivity contribution in [1.29, 1.82) is 0 Å². The molecule has 2 aliphatic rings. The van der Waals surface area contributed by atoms with Gasteiger partial charge in [-0.15, -0.1) is 0 Å². The van der Waals surface area contributed by atoms with E-state index in [1.807, 2.05) is 11.8 Å². The molecule has 13 heteroatoms. The van der Waals surface area contributed by atoms with Crippen molar-refractivity contribution in [2.45, 2.75) is 78.2 Å². The number of carbonyl (C=O) groups excluding carboxylic acids is 1. The first-order valence-electron chi connectivity index (χ1n) is 16.0. The molecule has 2 fully saturated rings. The van der Waals surface area contributed by atoms with Gasteiger partial charge in [0.2, 0.25) is 5.95 Å². The summed E-state index contributed by atoms with van der Waals surface area (Å²) in [5, 5.41) is 4.00. The topological polar surface area (TPSA) is 107 Å². The fourth-order valence-electron chi connectivity index (χ4n) is 6.34. The van der Waals surface area contributed by atoms with E-state index in [1.165, 1.54) is 0 Å². The van der Waals surface area contributed by atoms with Crippen molar-refractivity contribution in [3.8, 4) is 5.75 Å². The molecule has 250 valence electrons. The van der Waals surface area contributed by atoms with E-state index in [0.29, 0.717) is 48.8 Å². The second-order valence-electron chi connectivity index (χ2n) is 13.4. The second-order valence-corrected chi connectivity index (χ2v) is 13.4. The van der Waals surface area contributed by atoms with Gasteiger partial charge in [-0.25, -0.2) is 23.1 Å². The number of carbonyl (C=O) groups is 1. The van der Waals surface area contributed by atoms with E-state index in [4.69, 9.17) is 14.0 Å². The molecule has 2 saturated heterocycles. The van der Waals surface area contributed by atoms with Gasteiger partial charge in [0.15, 0.2) is 23.2 Å². The van der Waals surface area contributed by atoms with Crippen LogP contribution in [0.5, 0.6) is 5.75 Å². The van der Waals surface area contributed by atoms with Crippen LogP contribution in [-0.4, -0.2) is 64.5 Å². The summed E-state index contributed by atoms with van der Waals surface area (Å²) in [7, 11) is 0. The molecular weight excluding hydrogens is 601 g/mol. The zero-order valence-electron chi connectivity index (χ0n) is 27.1. The van der Waals surface area contributed by atoms with E-state index < -0.39 is 40.9 Å². The van der Waals surface area contributed by atoms with Crippen molar-refractivity contribution >= 4 is 17.9 Å². The lowest BCUT2D eigenvalue weighted by Gasteiger charge is -2.33. The van der Waals surface area contributed by atoms with Gasteiger partial charge in [0.1, 0.15) is 11.4 Å². The number of hydrogen-bond donors (Lipinski definition) is 0. The van der Waals surface area contributed by atoms with E-state index in [-0.39, 0.29) is 18.5 Å². The number of benzene rings is 1. The maximum absolute atomic E-state index is 14.8. The molecule has 4 heterocycles. The zero-order valence-corrected chi connectivity index (χ0v) is 27.1. The molecule has 0 amide bonds. The lowest BCUT2D eigenvalue weighted by molar-refractivity contribution is -0.155. The molecule has 0 saturated carbocycles. The molecule has 1 aromatic carbocycles. The molecule has 0 aliphatic carbocycles. The minimum absolute atomic E-state index is 0.00924. The number of ether oxygens (including phenoxy) is 2. The van der Waals surface area contributed by atoms with Crippen molar-refractivity contribution in [2.24, 2.45) is 17.8 Å². The minimum atomic E-state index is -1.26. The standard InChI is InChI=1S/C33H43F3N6O4/c1-6-29-39-32(46-40-29)41-10-7-21(8-11-41)20(2)9-12-44-23-16-37-31(38-17-23)42-18-22(13-30(43)45-33(3,4)5)25(19-42)24-14-27(35)28(36)15-26(24)34/h14-17,20-22,25H,6-13,18-19H2,1-5H3/t20-,22+,25+/m1/s1. The van der Waals surface area contributed by atoms with Crippen LogP contribution in [0.2, 0.25) is 0 Å². The summed E-state index contributed by atoms with van der Waals surface area (Å²) >= 11 is 0. The predicted octanol–water partition coefficient (Wildman–Crippen LogP) is 6.11. The minimum Gasteiger partial charge on any atom is -0.490 e. The highest BCUT2D eigenvalue weighted by molar-refractivity contribution is 5.70. The summed E-state index contributed by atoms with van der Waals surface area (Å²) in [6, 6.07) is 2.02. The van der Waals surface area contributed by atoms with Gasteiger partial charge in [-0.1, -0.05) is 19.0 Å². The summed E-state index contributed by atoms with van der Waals surface area (Å²) in [5.41, 5.74) is -0.684. The SMILES string of the molecule is CCc1noc(N2CCC([C@H](C)CCOc3cnc(N4C[C@H](CC(=O)OC(C)(C)C)[C@@H](c5cc(F)c(F)cc5F)C4)nc3)CC2)n1. The van der Waals surface area contributed by atoms with E-state index in [9.17, 15) is 18.0 Å². The number of hydrogen-bond acceptors (Lipinski definition) is 10. The Hall–Kier alpha value is -3.90. The van der Waals surface area contributed by atoms with E-state index in [2.05, 4.69) is 31.9 Å². The molecule has 2 aromatic heterocycles. The third kappa shape index (κ3) is 8.27. The Bertz CT molecular complexity index is 1470. The number of esters is 1. The van der Waals surface area contributed by atoms with Crippen LogP contribution >= 0.6 is 0 Å². The van der Waals surface area contributed by atoms with Crippen LogP contribution < -0.4 is 14.5 Å². The highest BCUT2D eigenvalue weighted by Crippen LogP contribution is 2.38. The van der Waals surface area contributed by atoms with Crippen molar-refractivity contribution in [3.05, 3.63) is 53.4 Å². The first-order chi connectivity index (χ1) is 21.9. The second kappa shape index (κ2) is 14.3. The maximum atomic E-state index is 14.8. The average molecular weight is 645 g/mol. The summed E-state index contributed by atoms with van der Waals surface area (Å²) in [4.78, 5) is 30.0. The van der Waals surface area contributed by atoms with Gasteiger partial charge in [0.05, 0.1) is 25.4 Å². The average Bonchev–Trinajstić information content (AvgIpc) is 3.66. The fourth-order valence-corrected chi connectivity index (χ4v) is 6.34. The first kappa shape index (κ1) is 33.5. The van der Waals surface area contributed by atoms with Crippen LogP contribution in [0.4, 0.5) is 25.1 Å². The van der Waals surface area contributed by atoms with Gasteiger partial charge in [-0.3, -0.25) is 4.79 Å². The number of rotatable bonds is 11. The number of halogens is 3. The quantitative estimate of drug-likeness (QED) is 0.179. The third-order valence-electron chi connectivity index (χ3n) is 8.86. The van der Waals surface area contributed by atoms with Crippen molar-refractivity contribution in [1.82, 2.24) is 20.1 Å². The monoisotopic (exact) mass is 644 g/mol. The molecule has 3 aromatic rings. The van der Waals surface area contributed by atoms with Crippen LogP contribution in [0.1, 0.15) is 77.6 Å². The van der Waals surface area contributed by atoms with Crippen LogP contribution in [0, 0.1) is 35.2 Å². The molecule has 0 unspecified atom stereocenters. The third-order valence-corrected chi connectivity index (χ3v) is 8.86. The number of nitrogens with zero attached hydrogens (tertiary/aromatic N) is 6. The normalized spacial score (nSPS) is 19.8. The number of anilines is 2. The zero-order chi connectivity index (χ0) is 33.0. The van der Waals surface area contributed by atoms with E-state index in [1.54, 1.807) is 33.2 Å². The molecule has 2 aliphatic heterocycles. The van der Waals surface area contributed by atoms with Gasteiger partial charge in [-0.2, -0.15) is 4.98 Å². The molecule has 10 nitrogen and oxygen atoms in total. The molecule has 3 atom stereocenters. The summed E-state index contributed by atoms with van der Waals surface area (Å²) in [6.07, 6.45) is 6.88. The Labute approximate surface area is 267 Å². The van der Waals surface area contributed by atoms with Gasteiger partial charge in [0, 0.05) is 44.6 Å². The van der Waals surface area contributed by atoms with E-state index >= 15 is 0 Å². The van der Waals surface area contributed by atoms with Crippen LogP contribution in [-0.2, 0) is 16.0 Å². The number of aromatic nitrogens is 4. The highest BCUT2D eigenvalue weighted by atomic mass is 19.2. The number of piperidine rings is 1. The maximum Gasteiger partial charge on any atom is 0.324 e. The van der Waals surface area contributed by atoms with Crippen molar-refractivity contribution in [3.63, 3.8) is 0 Å². The molecule has 5 rings (SSSR count). The lowest BCUT2D eigenvalue weighted by atomic mass is 9.84. The molecule has 0 radical (unpaired) electrons. The smallest absolute Gasteiger partial charge is 0.324 e. The van der Waals surface area contributed by atoms with Crippen LogP contribution in [0.25, 0.3) is 0 Å². The molecule has 0 spiro atoms. The Morgan fingerprint density at radius 3 is 2.39 bits per heavy atom. The summed E-state index contributed by atoms with van der Waals surface area (Å²) in [6.45, 7) is 12.4. The van der Waals surface area contributed by atoms with Gasteiger partial charge in [-0.05, 0) is 69.4 Å². The van der Waals surface area contributed by atoms with Gasteiger partial charge in [0.25, 0.3) is 0 Å².